The molecule has 1 rings (SSSR count). The van der Waals surface area contributed by atoms with E-state index in [0.29, 0.717) is 0 Å². The maximum absolute atomic E-state index is 12.7. The number of aromatic nitrogens is 1. The number of methoxy groups -OCH3 is 2. The highest BCUT2D eigenvalue weighted by molar-refractivity contribution is 5.88. The number of carbonyl (C=O) groups is 1. The van der Waals surface area contributed by atoms with Gasteiger partial charge in [0.15, 0.2) is 17.2 Å². The van der Waals surface area contributed by atoms with Gasteiger partial charge < -0.3 is 14.6 Å². The molecule has 0 fully saturated rings. The molecule has 0 amide bonds. The van der Waals surface area contributed by atoms with Gasteiger partial charge in [-0.1, -0.05) is 0 Å². The van der Waals surface area contributed by atoms with E-state index in [1.165, 1.54) is 7.11 Å². The van der Waals surface area contributed by atoms with Crippen molar-refractivity contribution in [2.45, 2.75) is 6.43 Å². The maximum Gasteiger partial charge on any atom is 0.355 e. The number of hydrogen-bond acceptors (Lipinski definition) is 4. The van der Waals surface area contributed by atoms with Gasteiger partial charge in [0.05, 0.1) is 26.0 Å². The minimum absolute atomic E-state index is 0.0391. The highest BCUT2D eigenvalue weighted by Crippen LogP contribution is 2.38. The molecule has 1 N–H and O–H groups in total. The quantitative estimate of drug-likeness (QED) is 0.857. The molecular formula is C9H9F2NO4. The van der Waals surface area contributed by atoms with Crippen LogP contribution in [0.2, 0.25) is 0 Å². The summed E-state index contributed by atoms with van der Waals surface area (Å²) in [5.74, 6) is -1.90. The fourth-order valence-electron chi connectivity index (χ4n) is 1.22. The van der Waals surface area contributed by atoms with E-state index in [0.717, 1.165) is 13.3 Å². The Kier molecular flexibility index (Phi) is 3.60. The molecule has 5 nitrogen and oxygen atoms in total. The van der Waals surface area contributed by atoms with Crippen LogP contribution in [-0.2, 0) is 0 Å². The average Bonchev–Trinajstić information content (AvgIpc) is 2.26. The molecule has 0 saturated carbocycles. The average molecular weight is 233 g/mol. The highest BCUT2D eigenvalue weighted by Gasteiger charge is 2.27. The van der Waals surface area contributed by atoms with Gasteiger partial charge in [-0.3, -0.25) is 0 Å². The molecule has 0 saturated heterocycles. The monoisotopic (exact) mass is 233 g/mol. The number of alkyl halides is 2. The Hall–Kier alpha value is -1.92. The molecular weight excluding hydrogens is 224 g/mol. The summed E-state index contributed by atoms with van der Waals surface area (Å²) in [5, 5.41) is 8.71. The number of nitrogens with zero attached hydrogens (tertiary/aromatic N) is 1. The van der Waals surface area contributed by atoms with Gasteiger partial charge in [-0.15, -0.1) is 0 Å². The Bertz CT molecular complexity index is 409. The van der Waals surface area contributed by atoms with E-state index in [2.05, 4.69) is 4.98 Å². The number of carboxylic acids is 1. The van der Waals surface area contributed by atoms with Gasteiger partial charge in [0.2, 0.25) is 0 Å². The molecule has 0 aliphatic carbocycles. The second-order valence-electron chi connectivity index (χ2n) is 2.73. The molecule has 1 aromatic rings. The number of pyridine rings is 1. The van der Waals surface area contributed by atoms with E-state index in [1.807, 2.05) is 0 Å². The number of halogens is 2. The van der Waals surface area contributed by atoms with Crippen LogP contribution < -0.4 is 9.47 Å². The van der Waals surface area contributed by atoms with Crippen LogP contribution in [0.3, 0.4) is 0 Å². The first kappa shape index (κ1) is 12.2. The summed E-state index contributed by atoms with van der Waals surface area (Å²) in [6, 6.07) is 0. The fourth-order valence-corrected chi connectivity index (χ4v) is 1.22. The standard InChI is InChI=1S/C9H9F2NO4/c1-15-4-3-12-6(9(13)14)5(8(10)11)7(4)16-2/h3,8H,1-2H3,(H,13,14). The lowest BCUT2D eigenvalue weighted by Gasteiger charge is -2.13. The zero-order valence-corrected chi connectivity index (χ0v) is 8.53. The van der Waals surface area contributed by atoms with Gasteiger partial charge in [0.1, 0.15) is 0 Å². The molecule has 0 atom stereocenters. The molecule has 1 aromatic heterocycles. The van der Waals surface area contributed by atoms with Crippen LogP contribution in [0.5, 0.6) is 11.5 Å². The molecule has 0 aliphatic rings. The molecule has 0 aromatic carbocycles. The van der Waals surface area contributed by atoms with Crippen LogP contribution in [0.25, 0.3) is 0 Å². The summed E-state index contributed by atoms with van der Waals surface area (Å²) in [4.78, 5) is 14.1. The van der Waals surface area contributed by atoms with Crippen molar-refractivity contribution >= 4 is 5.97 Å². The lowest BCUT2D eigenvalue weighted by molar-refractivity contribution is 0.0674. The fraction of sp³-hybridized carbons (Fsp3) is 0.333. The number of ether oxygens (including phenoxy) is 2. The lowest BCUT2D eigenvalue weighted by Crippen LogP contribution is -2.09. The molecule has 0 aliphatic heterocycles. The van der Waals surface area contributed by atoms with Crippen LogP contribution in [0, 0.1) is 0 Å². The highest BCUT2D eigenvalue weighted by atomic mass is 19.3. The SMILES string of the molecule is COc1cnc(C(=O)O)c(C(F)F)c1OC. The molecule has 0 bridgehead atoms. The van der Waals surface area contributed by atoms with Crippen molar-refractivity contribution in [3.05, 3.63) is 17.5 Å². The number of rotatable bonds is 4. The van der Waals surface area contributed by atoms with Crippen molar-refractivity contribution in [3.63, 3.8) is 0 Å². The van der Waals surface area contributed by atoms with Crippen molar-refractivity contribution in [2.75, 3.05) is 14.2 Å². The van der Waals surface area contributed by atoms with Crippen molar-refractivity contribution in [1.29, 1.82) is 0 Å². The summed E-state index contributed by atoms with van der Waals surface area (Å²) in [6.45, 7) is 0. The smallest absolute Gasteiger partial charge is 0.355 e. The number of carboxylic acid groups (broad SMARTS) is 1. The van der Waals surface area contributed by atoms with Crippen molar-refractivity contribution in [2.24, 2.45) is 0 Å². The number of aromatic carboxylic acids is 1. The van der Waals surface area contributed by atoms with Gasteiger partial charge in [-0.05, 0) is 0 Å². The second kappa shape index (κ2) is 4.73. The third-order valence-corrected chi connectivity index (χ3v) is 1.88. The first-order valence-corrected chi connectivity index (χ1v) is 4.15. The molecule has 88 valence electrons. The topological polar surface area (TPSA) is 68.7 Å². The number of hydrogen-bond donors (Lipinski definition) is 1. The largest absolute Gasteiger partial charge is 0.492 e. The maximum atomic E-state index is 12.7. The van der Waals surface area contributed by atoms with Crippen molar-refractivity contribution in [1.82, 2.24) is 4.98 Å². The normalized spacial score (nSPS) is 10.3. The van der Waals surface area contributed by atoms with Crippen LogP contribution in [0.15, 0.2) is 6.20 Å². The van der Waals surface area contributed by atoms with Crippen LogP contribution in [0.4, 0.5) is 8.78 Å². The first-order chi connectivity index (χ1) is 7.52. The Labute approximate surface area is 89.6 Å². The van der Waals surface area contributed by atoms with Crippen LogP contribution in [-0.4, -0.2) is 30.3 Å². The summed E-state index contributed by atoms with van der Waals surface area (Å²) in [5.41, 5.74) is -1.53. The molecule has 1 heterocycles. The van der Waals surface area contributed by atoms with E-state index in [9.17, 15) is 13.6 Å². The van der Waals surface area contributed by atoms with Gasteiger partial charge in [-0.25, -0.2) is 18.6 Å². The summed E-state index contributed by atoms with van der Waals surface area (Å²) < 4.78 is 34.9. The first-order valence-electron chi connectivity index (χ1n) is 4.15. The van der Waals surface area contributed by atoms with Crippen LogP contribution >= 0.6 is 0 Å². The van der Waals surface area contributed by atoms with Gasteiger partial charge in [0.25, 0.3) is 6.43 Å². The van der Waals surface area contributed by atoms with E-state index in [4.69, 9.17) is 14.6 Å². The lowest BCUT2D eigenvalue weighted by atomic mass is 10.1. The van der Waals surface area contributed by atoms with Crippen LogP contribution in [0.1, 0.15) is 22.5 Å². The molecule has 16 heavy (non-hydrogen) atoms. The second-order valence-corrected chi connectivity index (χ2v) is 2.73. The Morgan fingerprint density at radius 3 is 2.44 bits per heavy atom. The van der Waals surface area contributed by atoms with E-state index < -0.39 is 23.7 Å². The molecule has 7 heteroatoms. The zero-order valence-electron chi connectivity index (χ0n) is 8.53. The molecule has 0 radical (unpaired) electrons. The molecule has 0 unspecified atom stereocenters. The van der Waals surface area contributed by atoms with Crippen molar-refractivity contribution in [3.8, 4) is 11.5 Å². The van der Waals surface area contributed by atoms with E-state index >= 15 is 0 Å². The Balaban J connectivity index is 3.50. The Morgan fingerprint density at radius 2 is 2.06 bits per heavy atom. The third kappa shape index (κ3) is 2.02. The predicted molar refractivity (Wildman–Crippen MR) is 49.3 cm³/mol. The Morgan fingerprint density at radius 1 is 1.44 bits per heavy atom. The zero-order chi connectivity index (χ0) is 12.3. The minimum atomic E-state index is -3.01. The van der Waals surface area contributed by atoms with Crippen molar-refractivity contribution < 1.29 is 28.2 Å². The van der Waals surface area contributed by atoms with Gasteiger partial charge in [0, 0.05) is 0 Å². The third-order valence-electron chi connectivity index (χ3n) is 1.88. The summed E-state index contributed by atoms with van der Waals surface area (Å²) >= 11 is 0. The summed E-state index contributed by atoms with van der Waals surface area (Å²) in [7, 11) is 2.39. The minimum Gasteiger partial charge on any atom is -0.492 e. The van der Waals surface area contributed by atoms with Gasteiger partial charge >= 0.3 is 5.97 Å². The molecule has 0 spiro atoms. The summed E-state index contributed by atoms with van der Waals surface area (Å²) in [6.07, 6.45) is -1.99. The van der Waals surface area contributed by atoms with E-state index in [-0.39, 0.29) is 11.5 Å². The van der Waals surface area contributed by atoms with Gasteiger partial charge in [-0.2, -0.15) is 0 Å². The predicted octanol–water partition coefficient (Wildman–Crippen LogP) is 1.73. The van der Waals surface area contributed by atoms with E-state index in [1.54, 1.807) is 0 Å².